The number of hydrogen-bond donors (Lipinski definition) is 1. The van der Waals surface area contributed by atoms with Crippen LogP contribution in [-0.2, 0) is 14.6 Å². The molecular formula is C12H21NO3S2. The van der Waals surface area contributed by atoms with E-state index in [1.165, 1.54) is 5.75 Å². The number of nitrogens with one attached hydrogen (secondary N) is 1. The van der Waals surface area contributed by atoms with Crippen LogP contribution in [0.25, 0.3) is 0 Å². The predicted molar refractivity (Wildman–Crippen MR) is 73.8 cm³/mol. The third kappa shape index (κ3) is 2.44. The van der Waals surface area contributed by atoms with Gasteiger partial charge in [-0.15, -0.1) is 0 Å². The van der Waals surface area contributed by atoms with Gasteiger partial charge in [-0.2, -0.15) is 11.8 Å². The zero-order valence-electron chi connectivity index (χ0n) is 10.6. The smallest absolute Gasteiger partial charge is 0.150 e. The fourth-order valence-corrected chi connectivity index (χ4v) is 6.42. The van der Waals surface area contributed by atoms with E-state index in [0.717, 1.165) is 38.2 Å². The van der Waals surface area contributed by atoms with Gasteiger partial charge in [0.1, 0.15) is 9.84 Å². The molecule has 104 valence electrons. The van der Waals surface area contributed by atoms with Crippen molar-refractivity contribution in [2.75, 3.05) is 36.2 Å². The van der Waals surface area contributed by atoms with Crippen LogP contribution in [0.2, 0.25) is 0 Å². The lowest BCUT2D eigenvalue weighted by atomic mass is 9.80. The second-order valence-corrected chi connectivity index (χ2v) is 9.05. The Morgan fingerprint density at radius 3 is 2.72 bits per heavy atom. The summed E-state index contributed by atoms with van der Waals surface area (Å²) in [7, 11) is -2.76. The topological polar surface area (TPSA) is 55.4 Å². The summed E-state index contributed by atoms with van der Waals surface area (Å²) in [5, 5.41) is 3.62. The Kier molecular flexibility index (Phi) is 3.64. The van der Waals surface area contributed by atoms with Crippen molar-refractivity contribution in [3.63, 3.8) is 0 Å². The molecule has 0 aromatic rings. The Balaban J connectivity index is 1.73. The largest absolute Gasteiger partial charge is 0.371 e. The lowest BCUT2D eigenvalue weighted by molar-refractivity contribution is -0.0937. The van der Waals surface area contributed by atoms with Crippen molar-refractivity contribution < 1.29 is 13.2 Å². The average Bonchev–Trinajstić information content (AvgIpc) is 2.80. The van der Waals surface area contributed by atoms with E-state index < -0.39 is 9.84 Å². The zero-order chi connectivity index (χ0) is 12.6. The Morgan fingerprint density at radius 1 is 1.28 bits per heavy atom. The highest BCUT2D eigenvalue weighted by atomic mass is 32.2. The number of sulfone groups is 1. The first kappa shape index (κ1) is 13.2. The Hall–Kier alpha value is 0.220. The van der Waals surface area contributed by atoms with Crippen LogP contribution in [0.1, 0.15) is 19.3 Å². The van der Waals surface area contributed by atoms with E-state index in [9.17, 15) is 8.42 Å². The quantitative estimate of drug-likeness (QED) is 0.770. The van der Waals surface area contributed by atoms with Gasteiger partial charge in [-0.1, -0.05) is 0 Å². The molecule has 6 heteroatoms. The highest BCUT2D eigenvalue weighted by Gasteiger charge is 2.48. The SMILES string of the molecule is O=S1(=O)CCC(C2NCCOC23CCSC3)CC1. The Bertz CT molecular complexity index is 390. The van der Waals surface area contributed by atoms with Crippen LogP contribution in [0.3, 0.4) is 0 Å². The minimum atomic E-state index is -2.76. The lowest BCUT2D eigenvalue weighted by Gasteiger charge is -2.46. The maximum Gasteiger partial charge on any atom is 0.150 e. The van der Waals surface area contributed by atoms with Crippen molar-refractivity contribution in [2.24, 2.45) is 5.92 Å². The van der Waals surface area contributed by atoms with Crippen LogP contribution in [0.4, 0.5) is 0 Å². The minimum Gasteiger partial charge on any atom is -0.371 e. The third-order valence-corrected chi connectivity index (χ3v) is 7.41. The lowest BCUT2D eigenvalue weighted by Crippen LogP contribution is -2.62. The van der Waals surface area contributed by atoms with Gasteiger partial charge in [0.05, 0.1) is 23.7 Å². The van der Waals surface area contributed by atoms with Gasteiger partial charge in [0.15, 0.2) is 0 Å². The molecule has 0 saturated carbocycles. The van der Waals surface area contributed by atoms with Crippen molar-refractivity contribution >= 4 is 21.6 Å². The fourth-order valence-electron chi connectivity index (χ4n) is 3.50. The Morgan fingerprint density at radius 2 is 2.06 bits per heavy atom. The molecule has 2 unspecified atom stereocenters. The van der Waals surface area contributed by atoms with Crippen LogP contribution < -0.4 is 5.32 Å². The standard InChI is InChI=1S/C12H21NO3S2/c14-18(15)7-1-10(2-8-18)11-12(3-6-17-9-12)16-5-4-13-11/h10-11,13H,1-9H2. The maximum atomic E-state index is 11.5. The summed E-state index contributed by atoms with van der Waals surface area (Å²) >= 11 is 1.96. The van der Waals surface area contributed by atoms with E-state index >= 15 is 0 Å². The van der Waals surface area contributed by atoms with E-state index in [0.29, 0.717) is 23.5 Å². The number of rotatable bonds is 1. The number of morpholine rings is 1. The summed E-state index contributed by atoms with van der Waals surface area (Å²) in [4.78, 5) is 0. The molecule has 0 radical (unpaired) electrons. The molecule has 3 aliphatic heterocycles. The van der Waals surface area contributed by atoms with Gasteiger partial charge >= 0.3 is 0 Å². The van der Waals surface area contributed by atoms with Crippen molar-refractivity contribution in [2.45, 2.75) is 30.9 Å². The van der Waals surface area contributed by atoms with Crippen LogP contribution >= 0.6 is 11.8 Å². The molecule has 18 heavy (non-hydrogen) atoms. The molecule has 3 rings (SSSR count). The minimum absolute atomic E-state index is 0.0192. The zero-order valence-corrected chi connectivity index (χ0v) is 12.2. The van der Waals surface area contributed by atoms with Gasteiger partial charge in [-0.3, -0.25) is 0 Å². The van der Waals surface area contributed by atoms with E-state index in [1.54, 1.807) is 0 Å². The summed E-state index contributed by atoms with van der Waals surface area (Å²) in [5.74, 6) is 3.42. The van der Waals surface area contributed by atoms with E-state index in [4.69, 9.17) is 4.74 Å². The Labute approximate surface area is 113 Å². The highest BCUT2D eigenvalue weighted by Crippen LogP contribution is 2.40. The second kappa shape index (κ2) is 4.96. The summed E-state index contributed by atoms with van der Waals surface area (Å²) in [6.45, 7) is 1.70. The molecule has 2 atom stereocenters. The summed E-state index contributed by atoms with van der Waals surface area (Å²) in [5.41, 5.74) is -0.0192. The molecule has 3 aliphatic rings. The van der Waals surface area contributed by atoms with Crippen molar-refractivity contribution in [1.29, 1.82) is 0 Å². The van der Waals surface area contributed by atoms with Gasteiger partial charge in [-0.25, -0.2) is 8.42 Å². The van der Waals surface area contributed by atoms with Gasteiger partial charge < -0.3 is 10.1 Å². The molecule has 3 heterocycles. The van der Waals surface area contributed by atoms with Crippen molar-refractivity contribution in [1.82, 2.24) is 5.32 Å². The van der Waals surface area contributed by atoms with Gasteiger partial charge in [0.25, 0.3) is 0 Å². The van der Waals surface area contributed by atoms with Gasteiger partial charge in [0.2, 0.25) is 0 Å². The maximum absolute atomic E-state index is 11.5. The summed E-state index contributed by atoms with van der Waals surface area (Å²) in [6.07, 6.45) is 2.71. The molecule has 1 N–H and O–H groups in total. The second-order valence-electron chi connectivity index (χ2n) is 5.64. The molecule has 1 spiro atoms. The number of ether oxygens (including phenoxy) is 1. The fraction of sp³-hybridized carbons (Fsp3) is 1.00. The number of hydrogen-bond acceptors (Lipinski definition) is 5. The van der Waals surface area contributed by atoms with Crippen molar-refractivity contribution in [3.05, 3.63) is 0 Å². The van der Waals surface area contributed by atoms with Gasteiger partial charge in [0, 0.05) is 18.3 Å². The first-order valence-electron chi connectivity index (χ1n) is 6.77. The molecule has 3 saturated heterocycles. The molecule has 0 aliphatic carbocycles. The van der Waals surface area contributed by atoms with Crippen LogP contribution in [0.5, 0.6) is 0 Å². The summed E-state index contributed by atoms with van der Waals surface area (Å²) in [6, 6.07) is 0.358. The normalized spacial score (nSPS) is 41.2. The first-order chi connectivity index (χ1) is 8.61. The van der Waals surface area contributed by atoms with E-state index in [-0.39, 0.29) is 5.60 Å². The average molecular weight is 291 g/mol. The molecule has 0 aromatic carbocycles. The van der Waals surface area contributed by atoms with Crippen LogP contribution in [0, 0.1) is 5.92 Å². The van der Waals surface area contributed by atoms with E-state index in [1.807, 2.05) is 11.8 Å². The molecule has 0 bridgehead atoms. The third-order valence-electron chi connectivity index (χ3n) is 4.51. The van der Waals surface area contributed by atoms with Gasteiger partial charge in [-0.05, 0) is 30.9 Å². The van der Waals surface area contributed by atoms with Crippen molar-refractivity contribution in [3.8, 4) is 0 Å². The molecule has 3 fully saturated rings. The van der Waals surface area contributed by atoms with E-state index in [2.05, 4.69) is 5.32 Å². The molecule has 4 nitrogen and oxygen atoms in total. The first-order valence-corrected chi connectivity index (χ1v) is 9.74. The molecule has 0 amide bonds. The highest BCUT2D eigenvalue weighted by molar-refractivity contribution is 7.99. The molecule has 0 aromatic heterocycles. The predicted octanol–water partition coefficient (Wildman–Crippen LogP) is 0.675. The number of thioether (sulfide) groups is 1. The molecular weight excluding hydrogens is 270 g/mol. The summed E-state index contributed by atoms with van der Waals surface area (Å²) < 4.78 is 29.2. The van der Waals surface area contributed by atoms with Crippen LogP contribution in [-0.4, -0.2) is 56.2 Å². The monoisotopic (exact) mass is 291 g/mol. The van der Waals surface area contributed by atoms with Crippen LogP contribution in [0.15, 0.2) is 0 Å².